The van der Waals surface area contributed by atoms with Gasteiger partial charge in [0.25, 0.3) is 0 Å². The smallest absolute Gasteiger partial charge is 0.218 e. The van der Waals surface area contributed by atoms with Crippen LogP contribution in [0.2, 0.25) is 0 Å². The van der Waals surface area contributed by atoms with Crippen LogP contribution in [0, 0.1) is 0 Å². The average Bonchev–Trinajstić information content (AvgIpc) is 3.04. The average molecular weight is 712 g/mol. The van der Waals surface area contributed by atoms with Crippen molar-refractivity contribution in [3.05, 3.63) is 144 Å². The van der Waals surface area contributed by atoms with Gasteiger partial charge < -0.3 is 28.8 Å². The van der Waals surface area contributed by atoms with Crippen molar-refractivity contribution in [3.63, 3.8) is 0 Å². The molecule has 1 heterocycles. The summed E-state index contributed by atoms with van der Waals surface area (Å²) in [6.45, 7) is 1.42. The minimum absolute atomic E-state index is 0.167. The molecule has 1 aliphatic heterocycles. The van der Waals surface area contributed by atoms with Gasteiger partial charge in [0.15, 0.2) is 0 Å². The number of alkyl halides is 2. The van der Waals surface area contributed by atoms with Gasteiger partial charge in [-0.05, 0) is 22.3 Å². The maximum absolute atomic E-state index is 12.1. The molecule has 4 aromatic carbocycles. The predicted molar refractivity (Wildman–Crippen MR) is 173 cm³/mol. The minimum Gasteiger partial charge on any atom is -0.374 e. The molecule has 0 unspecified atom stereocenters. The summed E-state index contributed by atoms with van der Waals surface area (Å²) in [7, 11) is 0. The summed E-state index contributed by atoms with van der Waals surface area (Å²) < 4.78 is 31.6. The van der Waals surface area contributed by atoms with Crippen LogP contribution in [0.3, 0.4) is 0 Å². The fourth-order valence-electron chi connectivity index (χ4n) is 5.06. The van der Waals surface area contributed by atoms with Gasteiger partial charge in [0, 0.05) is 0 Å². The predicted octanol–water partition coefficient (Wildman–Crippen LogP) is 7.16. The van der Waals surface area contributed by atoms with Crippen molar-refractivity contribution < 1.29 is 28.8 Å². The number of hydrogen-bond acceptors (Lipinski definition) is 6. The lowest BCUT2D eigenvalue weighted by atomic mass is 9.92. The Morgan fingerprint density at radius 2 is 0.977 bits per heavy atom. The first-order valence-electron chi connectivity index (χ1n) is 14.3. The molecule has 1 saturated heterocycles. The summed E-state index contributed by atoms with van der Waals surface area (Å²) in [4.78, 5) is 0. The van der Waals surface area contributed by atoms with Crippen LogP contribution >= 0.6 is 31.9 Å². The fourth-order valence-corrected chi connectivity index (χ4v) is 5.80. The van der Waals surface area contributed by atoms with Crippen LogP contribution in [0.5, 0.6) is 0 Å². The van der Waals surface area contributed by atoms with E-state index in [0.717, 1.165) is 22.3 Å². The van der Waals surface area contributed by atoms with Gasteiger partial charge >= 0.3 is 0 Å². The first kappa shape index (κ1) is 32.0. The Balaban J connectivity index is 1.45. The standard InChI is InChI=1S/C35H36Br2O6/c36-34(37)35(38)33(42-24-29-19-11-4-12-20-29)32(41-23-28-17-9-3-10-18-28)31(40-22-27-15-7-2-8-16-27)30(43-35)25-39-21-26-13-5-1-6-14-26/h1-20,30-34,38H,21-25H2/t30-,31-,32+,33-,35-/m1/s1. The Hall–Kier alpha value is -2.40. The molecule has 4 aromatic rings. The highest BCUT2D eigenvalue weighted by Gasteiger charge is 2.58. The van der Waals surface area contributed by atoms with E-state index in [1.165, 1.54) is 0 Å². The topological polar surface area (TPSA) is 66.4 Å². The molecule has 0 aromatic heterocycles. The molecule has 5 atom stereocenters. The van der Waals surface area contributed by atoms with Gasteiger partial charge in [0.1, 0.15) is 28.2 Å². The third-order valence-corrected chi connectivity index (χ3v) is 8.60. The molecule has 0 aliphatic carbocycles. The highest BCUT2D eigenvalue weighted by atomic mass is 79.9. The first-order chi connectivity index (χ1) is 21.0. The molecule has 0 saturated carbocycles. The maximum atomic E-state index is 12.1. The second-order valence-electron chi connectivity index (χ2n) is 10.4. The fraction of sp³-hybridized carbons (Fsp3) is 0.314. The van der Waals surface area contributed by atoms with Crippen LogP contribution in [-0.2, 0) is 50.1 Å². The van der Waals surface area contributed by atoms with E-state index in [9.17, 15) is 5.11 Å². The normalized spacial score (nSPS) is 23.8. The van der Waals surface area contributed by atoms with Gasteiger partial charge in [0.05, 0.1) is 33.0 Å². The van der Waals surface area contributed by atoms with Crippen LogP contribution in [0.4, 0.5) is 0 Å². The van der Waals surface area contributed by atoms with E-state index < -0.39 is 33.9 Å². The van der Waals surface area contributed by atoms with Crippen LogP contribution in [0.1, 0.15) is 22.3 Å². The number of rotatable bonds is 14. The molecule has 0 spiro atoms. The van der Waals surface area contributed by atoms with E-state index in [2.05, 4.69) is 31.9 Å². The maximum Gasteiger partial charge on any atom is 0.218 e. The van der Waals surface area contributed by atoms with Gasteiger partial charge in [-0.15, -0.1) is 0 Å². The lowest BCUT2D eigenvalue weighted by molar-refractivity contribution is -0.363. The quantitative estimate of drug-likeness (QED) is 0.140. The third-order valence-electron chi connectivity index (χ3n) is 7.29. The number of halogens is 2. The Bertz CT molecular complexity index is 1350. The van der Waals surface area contributed by atoms with Crippen LogP contribution < -0.4 is 0 Å². The van der Waals surface area contributed by atoms with Crippen molar-refractivity contribution in [1.82, 2.24) is 0 Å². The van der Waals surface area contributed by atoms with Crippen molar-refractivity contribution in [2.24, 2.45) is 0 Å². The van der Waals surface area contributed by atoms with Gasteiger partial charge in [-0.3, -0.25) is 0 Å². The van der Waals surface area contributed by atoms with E-state index in [0.29, 0.717) is 19.8 Å². The van der Waals surface area contributed by atoms with Crippen LogP contribution in [0.25, 0.3) is 0 Å². The number of benzene rings is 4. The van der Waals surface area contributed by atoms with Gasteiger partial charge in [0.2, 0.25) is 5.79 Å². The number of ether oxygens (including phenoxy) is 5. The Kier molecular flexibility index (Phi) is 12.0. The Morgan fingerprint density at radius 1 is 0.581 bits per heavy atom. The summed E-state index contributed by atoms with van der Waals surface area (Å²) in [5.74, 6) is -1.82. The zero-order chi connectivity index (χ0) is 29.9. The first-order valence-corrected chi connectivity index (χ1v) is 16.1. The summed E-state index contributed by atoms with van der Waals surface area (Å²) in [5.41, 5.74) is 4.00. The molecule has 1 N–H and O–H groups in total. The molecule has 0 radical (unpaired) electrons. The third kappa shape index (κ3) is 8.84. The van der Waals surface area contributed by atoms with Crippen molar-refractivity contribution in [1.29, 1.82) is 0 Å². The molecule has 8 heteroatoms. The van der Waals surface area contributed by atoms with Crippen molar-refractivity contribution in [2.45, 2.75) is 60.4 Å². The molecule has 0 amide bonds. The highest BCUT2D eigenvalue weighted by molar-refractivity contribution is 9.24. The van der Waals surface area contributed by atoms with Crippen molar-refractivity contribution in [2.75, 3.05) is 6.61 Å². The Morgan fingerprint density at radius 3 is 1.42 bits per heavy atom. The SMILES string of the molecule is O[C@@]1(C(Br)Br)O[C@H](COCc2ccccc2)[C@@H](OCc2ccccc2)[C@H](OCc2ccccc2)[C@H]1OCc1ccccc1. The zero-order valence-corrected chi connectivity index (χ0v) is 26.9. The van der Waals surface area contributed by atoms with E-state index in [-0.39, 0.29) is 13.2 Å². The van der Waals surface area contributed by atoms with E-state index >= 15 is 0 Å². The van der Waals surface area contributed by atoms with E-state index in [4.69, 9.17) is 23.7 Å². The molecule has 226 valence electrons. The molecule has 43 heavy (non-hydrogen) atoms. The highest BCUT2D eigenvalue weighted by Crippen LogP contribution is 2.41. The summed E-state index contributed by atoms with van der Waals surface area (Å²) in [5, 5.41) is 12.1. The monoisotopic (exact) mass is 710 g/mol. The van der Waals surface area contributed by atoms with Crippen molar-refractivity contribution in [3.8, 4) is 0 Å². The molecule has 1 aliphatic rings. The van der Waals surface area contributed by atoms with Crippen LogP contribution in [-0.4, -0.2) is 45.7 Å². The summed E-state index contributed by atoms with van der Waals surface area (Å²) in [6, 6.07) is 39.6. The Labute approximate surface area is 270 Å². The molecule has 5 rings (SSSR count). The van der Waals surface area contributed by atoms with Gasteiger partial charge in [-0.2, -0.15) is 0 Å². The largest absolute Gasteiger partial charge is 0.374 e. The second kappa shape index (κ2) is 16.1. The van der Waals surface area contributed by atoms with E-state index in [1.54, 1.807) is 0 Å². The molecule has 0 bridgehead atoms. The van der Waals surface area contributed by atoms with Gasteiger partial charge in [-0.1, -0.05) is 153 Å². The van der Waals surface area contributed by atoms with Crippen LogP contribution in [0.15, 0.2) is 121 Å². The molecular formula is C35H36Br2O6. The molecule has 6 nitrogen and oxygen atoms in total. The second-order valence-corrected chi connectivity index (χ2v) is 13.5. The summed E-state index contributed by atoms with van der Waals surface area (Å²) in [6.07, 6.45) is -2.94. The molecular weight excluding hydrogens is 676 g/mol. The zero-order valence-electron chi connectivity index (χ0n) is 23.7. The lowest BCUT2D eigenvalue weighted by Gasteiger charge is -2.51. The minimum atomic E-state index is -1.82. The lowest BCUT2D eigenvalue weighted by Crippen LogP contribution is -2.69. The number of aliphatic hydroxyl groups is 1. The van der Waals surface area contributed by atoms with Gasteiger partial charge in [-0.25, -0.2) is 0 Å². The summed E-state index contributed by atoms with van der Waals surface area (Å²) >= 11 is 7.07. The molecule has 1 fully saturated rings. The van der Waals surface area contributed by atoms with Crippen molar-refractivity contribution >= 4 is 31.9 Å². The van der Waals surface area contributed by atoms with E-state index in [1.807, 2.05) is 121 Å². The number of hydrogen-bond donors (Lipinski definition) is 1.